The topological polar surface area (TPSA) is 79.1 Å². The number of fused-ring (bicyclic) bond motifs is 1. The average molecular weight is 686 g/mol. The smallest absolute Gasteiger partial charge is 0.338 e. The Bertz CT molecular complexity index is 2120. The first-order valence-electron chi connectivity index (χ1n) is 15.0. The Balaban J connectivity index is 1.52. The molecule has 1 aliphatic heterocycles. The molecule has 0 amide bonds. The van der Waals surface area contributed by atoms with E-state index in [9.17, 15) is 9.59 Å². The van der Waals surface area contributed by atoms with Crippen LogP contribution in [0.4, 0.5) is 0 Å². The fourth-order valence-corrected chi connectivity index (χ4v) is 6.61. The van der Waals surface area contributed by atoms with Crippen molar-refractivity contribution in [1.82, 2.24) is 4.57 Å². The lowest BCUT2D eigenvalue weighted by Gasteiger charge is -2.26. The number of carbonyl (C=O) groups is 1. The van der Waals surface area contributed by atoms with E-state index in [-0.39, 0.29) is 17.7 Å². The number of rotatable bonds is 10. The molecule has 0 saturated heterocycles. The summed E-state index contributed by atoms with van der Waals surface area (Å²) in [6.45, 7) is 4.63. The molecule has 0 unspecified atom stereocenters. The molecule has 0 saturated carbocycles. The summed E-state index contributed by atoms with van der Waals surface area (Å²) < 4.78 is 19.4. The van der Waals surface area contributed by atoms with E-state index in [2.05, 4.69) is 0 Å². The van der Waals surface area contributed by atoms with Gasteiger partial charge in [-0.3, -0.25) is 9.36 Å². The van der Waals surface area contributed by atoms with E-state index < -0.39 is 12.0 Å². The third kappa shape index (κ3) is 7.05. The van der Waals surface area contributed by atoms with Crippen molar-refractivity contribution in [2.24, 2.45) is 4.99 Å². The van der Waals surface area contributed by atoms with Gasteiger partial charge in [-0.05, 0) is 73.5 Å². The van der Waals surface area contributed by atoms with Gasteiger partial charge in [-0.1, -0.05) is 89.1 Å². The van der Waals surface area contributed by atoms with Crippen molar-refractivity contribution in [2.45, 2.75) is 26.5 Å². The molecule has 0 radical (unpaired) electrons. The van der Waals surface area contributed by atoms with Gasteiger partial charge in [0.25, 0.3) is 5.56 Å². The van der Waals surface area contributed by atoms with Crippen molar-refractivity contribution in [2.75, 3.05) is 13.2 Å². The van der Waals surface area contributed by atoms with Gasteiger partial charge in [-0.15, -0.1) is 0 Å². The van der Waals surface area contributed by atoms with E-state index in [0.717, 1.165) is 11.1 Å². The van der Waals surface area contributed by atoms with E-state index in [4.69, 9.17) is 42.4 Å². The van der Waals surface area contributed by atoms with Crippen LogP contribution in [0.1, 0.15) is 42.1 Å². The molecule has 47 heavy (non-hydrogen) atoms. The first-order valence-corrected chi connectivity index (χ1v) is 16.6. The minimum Gasteiger partial charge on any atom is -0.494 e. The van der Waals surface area contributed by atoms with Gasteiger partial charge < -0.3 is 14.2 Å². The molecule has 1 atom stereocenters. The molecule has 6 rings (SSSR count). The van der Waals surface area contributed by atoms with Gasteiger partial charge >= 0.3 is 5.97 Å². The van der Waals surface area contributed by atoms with Crippen LogP contribution in [0.5, 0.6) is 11.5 Å². The normalized spacial score (nSPS) is 14.4. The van der Waals surface area contributed by atoms with E-state index in [1.54, 1.807) is 47.9 Å². The number of halogens is 2. The Morgan fingerprint density at radius 1 is 0.894 bits per heavy atom. The lowest BCUT2D eigenvalue weighted by molar-refractivity contribution is -0.138. The maximum absolute atomic E-state index is 14.3. The Hall–Kier alpha value is -4.63. The van der Waals surface area contributed by atoms with Crippen LogP contribution in [0.2, 0.25) is 10.0 Å². The summed E-state index contributed by atoms with van der Waals surface area (Å²) in [7, 11) is 0. The Morgan fingerprint density at radius 3 is 2.32 bits per heavy atom. The highest BCUT2D eigenvalue weighted by molar-refractivity contribution is 7.07. The monoisotopic (exact) mass is 684 g/mol. The summed E-state index contributed by atoms with van der Waals surface area (Å²) in [4.78, 5) is 33.4. The van der Waals surface area contributed by atoms with Crippen LogP contribution in [-0.4, -0.2) is 23.8 Å². The maximum Gasteiger partial charge on any atom is 0.338 e. The second kappa shape index (κ2) is 14.4. The molecule has 238 valence electrons. The van der Waals surface area contributed by atoms with Crippen molar-refractivity contribution < 1.29 is 19.0 Å². The van der Waals surface area contributed by atoms with Crippen molar-refractivity contribution in [1.29, 1.82) is 0 Å². The third-order valence-corrected chi connectivity index (χ3v) is 8.92. The highest BCUT2D eigenvalue weighted by atomic mass is 35.5. The summed E-state index contributed by atoms with van der Waals surface area (Å²) >= 11 is 13.7. The summed E-state index contributed by atoms with van der Waals surface area (Å²) in [5.41, 5.74) is 3.41. The second-order valence-electron chi connectivity index (χ2n) is 10.5. The van der Waals surface area contributed by atoms with E-state index in [1.165, 1.54) is 11.3 Å². The number of nitrogens with zero attached hydrogens (tertiary/aromatic N) is 2. The summed E-state index contributed by atoms with van der Waals surface area (Å²) in [5.74, 6) is 0.687. The zero-order chi connectivity index (χ0) is 32.9. The van der Waals surface area contributed by atoms with Gasteiger partial charge in [0, 0.05) is 21.2 Å². The number of benzene rings is 4. The van der Waals surface area contributed by atoms with Crippen LogP contribution in [-0.2, 0) is 16.1 Å². The number of hydrogen-bond acceptors (Lipinski definition) is 7. The van der Waals surface area contributed by atoms with E-state index in [1.807, 2.05) is 73.7 Å². The van der Waals surface area contributed by atoms with Crippen LogP contribution in [0, 0.1) is 0 Å². The van der Waals surface area contributed by atoms with Gasteiger partial charge in [-0.25, -0.2) is 9.79 Å². The SMILES string of the molecule is CCOC(=O)C1=C(c2ccccc2)N=c2s/c(=C\c3cc(Cl)ccc3OCc3ccc(Cl)cc3)c(=O)n2[C@H]1c1ccc(OCC)cc1. The number of ether oxygens (including phenoxy) is 3. The molecule has 2 heterocycles. The van der Waals surface area contributed by atoms with Gasteiger partial charge in [-0.2, -0.15) is 0 Å². The lowest BCUT2D eigenvalue weighted by Crippen LogP contribution is -2.40. The fourth-order valence-electron chi connectivity index (χ4n) is 5.32. The molecule has 5 aromatic rings. The molecular weight excluding hydrogens is 655 g/mol. The number of aromatic nitrogens is 1. The van der Waals surface area contributed by atoms with Gasteiger partial charge in [0.15, 0.2) is 4.80 Å². The van der Waals surface area contributed by atoms with Crippen LogP contribution in [0.25, 0.3) is 11.8 Å². The quantitative estimate of drug-likeness (QED) is 0.145. The van der Waals surface area contributed by atoms with Crippen molar-refractivity contribution in [3.63, 3.8) is 0 Å². The predicted molar refractivity (Wildman–Crippen MR) is 186 cm³/mol. The van der Waals surface area contributed by atoms with Crippen LogP contribution in [0.3, 0.4) is 0 Å². The maximum atomic E-state index is 14.3. The predicted octanol–water partition coefficient (Wildman–Crippen LogP) is 7.22. The van der Waals surface area contributed by atoms with Crippen LogP contribution < -0.4 is 24.4 Å². The zero-order valence-corrected chi connectivity index (χ0v) is 27.9. The molecular formula is C37H30Cl2N2O5S. The molecule has 4 aromatic carbocycles. The van der Waals surface area contributed by atoms with Crippen molar-refractivity contribution >= 4 is 52.3 Å². The number of thiazole rings is 1. The highest BCUT2D eigenvalue weighted by Gasteiger charge is 2.35. The highest BCUT2D eigenvalue weighted by Crippen LogP contribution is 2.36. The van der Waals surface area contributed by atoms with Crippen LogP contribution in [0.15, 0.2) is 112 Å². The van der Waals surface area contributed by atoms with Gasteiger partial charge in [0.2, 0.25) is 0 Å². The Morgan fingerprint density at radius 2 is 1.62 bits per heavy atom. The molecule has 0 bridgehead atoms. The minimum absolute atomic E-state index is 0.165. The van der Waals surface area contributed by atoms with Crippen LogP contribution >= 0.6 is 34.5 Å². The lowest BCUT2D eigenvalue weighted by atomic mass is 9.93. The molecule has 0 N–H and O–H groups in total. The first-order chi connectivity index (χ1) is 22.9. The molecule has 0 spiro atoms. The number of carbonyl (C=O) groups excluding carboxylic acids is 1. The Labute approximate surface area is 285 Å². The first kappa shape index (κ1) is 32.3. The Kier molecular flexibility index (Phi) is 9.92. The van der Waals surface area contributed by atoms with E-state index >= 15 is 0 Å². The largest absolute Gasteiger partial charge is 0.494 e. The summed E-state index contributed by atoms with van der Waals surface area (Å²) in [5, 5.41) is 1.13. The number of esters is 1. The van der Waals surface area contributed by atoms with Gasteiger partial charge in [0.05, 0.1) is 35.1 Å². The van der Waals surface area contributed by atoms with Gasteiger partial charge in [0.1, 0.15) is 18.1 Å². The summed E-state index contributed by atoms with van der Waals surface area (Å²) in [6.07, 6.45) is 1.75. The van der Waals surface area contributed by atoms with Crippen molar-refractivity contribution in [3.8, 4) is 11.5 Å². The average Bonchev–Trinajstić information content (AvgIpc) is 3.39. The second-order valence-corrected chi connectivity index (χ2v) is 12.4. The van der Waals surface area contributed by atoms with Crippen molar-refractivity contribution in [3.05, 3.63) is 155 Å². The molecule has 1 aromatic heterocycles. The standard InChI is InChI=1S/C37H30Cl2N2O5S/c1-3-44-29-17-12-25(13-18-29)34-32(36(43)45-4-2)33(24-8-6-5-7-9-24)40-37-41(34)35(42)31(47-37)21-26-20-28(39)16-19-30(26)46-22-23-10-14-27(38)15-11-23/h5-21,34H,3-4,22H2,1-2H3/b31-21-/t34-/m0/s1. The molecule has 10 heteroatoms. The molecule has 1 aliphatic rings. The minimum atomic E-state index is -0.807. The molecule has 7 nitrogen and oxygen atoms in total. The molecule has 0 fully saturated rings. The molecule has 0 aliphatic carbocycles. The van der Waals surface area contributed by atoms with E-state index in [0.29, 0.717) is 60.9 Å². The fraction of sp³-hybridized carbons (Fsp3) is 0.162. The number of hydrogen-bond donors (Lipinski definition) is 0. The third-order valence-electron chi connectivity index (χ3n) is 7.45. The zero-order valence-electron chi connectivity index (χ0n) is 25.6. The summed E-state index contributed by atoms with van der Waals surface area (Å²) in [6, 6.07) is 28.7.